The molecule has 1 fully saturated rings. The summed E-state index contributed by atoms with van der Waals surface area (Å²) >= 11 is 0. The third-order valence-corrected chi connectivity index (χ3v) is 2.73. The number of hydrogen-bond donors (Lipinski definition) is 0. The fourth-order valence-electron chi connectivity index (χ4n) is 1.79. The zero-order valence-electron chi connectivity index (χ0n) is 9.45. The Morgan fingerprint density at radius 3 is 2.43 bits per heavy atom. The molecule has 0 radical (unpaired) electrons. The highest BCUT2D eigenvalue weighted by Crippen LogP contribution is 2.15. The molecule has 0 N–H and O–H groups in total. The molecule has 1 heterocycles. The van der Waals surface area contributed by atoms with E-state index in [9.17, 15) is 4.79 Å². The lowest BCUT2D eigenvalue weighted by atomic mass is 10.1. The molecule has 0 saturated carbocycles. The molecular weight excluding hydrogens is 178 g/mol. The zero-order valence-corrected chi connectivity index (χ0v) is 9.45. The third-order valence-electron chi connectivity index (χ3n) is 2.73. The van der Waals surface area contributed by atoms with E-state index in [4.69, 9.17) is 4.74 Å². The van der Waals surface area contributed by atoms with Crippen molar-refractivity contribution in [3.05, 3.63) is 0 Å². The van der Waals surface area contributed by atoms with Crippen LogP contribution in [0.25, 0.3) is 0 Å². The molecule has 0 aromatic carbocycles. The molecule has 1 aliphatic rings. The van der Waals surface area contributed by atoms with Crippen molar-refractivity contribution in [3.8, 4) is 0 Å². The monoisotopic (exact) mass is 199 g/mol. The maximum Gasteiger partial charge on any atom is 0.155 e. The van der Waals surface area contributed by atoms with Gasteiger partial charge in [0.1, 0.15) is 6.61 Å². The Bertz CT molecular complexity index is 184. The molecule has 0 amide bonds. The van der Waals surface area contributed by atoms with Gasteiger partial charge in [-0.2, -0.15) is 0 Å². The smallest absolute Gasteiger partial charge is 0.155 e. The molecule has 82 valence electrons. The van der Waals surface area contributed by atoms with Crippen LogP contribution in [0.15, 0.2) is 0 Å². The Morgan fingerprint density at radius 2 is 2.00 bits per heavy atom. The van der Waals surface area contributed by atoms with Gasteiger partial charge in [-0.25, -0.2) is 0 Å². The molecule has 1 rings (SSSR count). The van der Waals surface area contributed by atoms with Gasteiger partial charge in [0.15, 0.2) is 5.78 Å². The summed E-state index contributed by atoms with van der Waals surface area (Å²) in [5.74, 6) is 0.122. The predicted molar refractivity (Wildman–Crippen MR) is 56.4 cm³/mol. The Balaban J connectivity index is 2.19. The lowest BCUT2D eigenvalue weighted by Crippen LogP contribution is -2.41. The third kappa shape index (κ3) is 3.76. The van der Waals surface area contributed by atoms with Crippen molar-refractivity contribution in [2.45, 2.75) is 45.8 Å². The summed E-state index contributed by atoms with van der Waals surface area (Å²) in [5.41, 5.74) is 0. The van der Waals surface area contributed by atoms with Crippen LogP contribution in [0, 0.1) is 0 Å². The summed E-state index contributed by atoms with van der Waals surface area (Å²) < 4.78 is 5.50. The van der Waals surface area contributed by atoms with Gasteiger partial charge in [0, 0.05) is 19.1 Å². The Hall–Kier alpha value is -0.410. The number of carbonyl (C=O) groups excluding carboxylic acids is 1. The first kappa shape index (κ1) is 11.7. The molecule has 0 aliphatic carbocycles. The van der Waals surface area contributed by atoms with E-state index >= 15 is 0 Å². The minimum Gasteiger partial charge on any atom is -0.370 e. The first-order valence-electron chi connectivity index (χ1n) is 5.44. The molecule has 0 aromatic rings. The quantitative estimate of drug-likeness (QED) is 0.686. The van der Waals surface area contributed by atoms with E-state index in [-0.39, 0.29) is 12.4 Å². The normalized spacial score (nSPS) is 20.3. The number of rotatable bonds is 4. The number of likely N-dealkylation sites (tertiary alicyclic amines) is 1. The average molecular weight is 199 g/mol. The molecular formula is C11H21NO2. The molecule has 3 heteroatoms. The van der Waals surface area contributed by atoms with Crippen molar-refractivity contribution >= 4 is 5.78 Å². The maximum atomic E-state index is 10.7. The standard InChI is InChI=1S/C11H21NO2/c1-9(2)12-6-4-11(5-7-12)14-8-10(3)13/h9,11H,4-8H2,1-3H3. The summed E-state index contributed by atoms with van der Waals surface area (Å²) in [6, 6.07) is 0.628. The summed E-state index contributed by atoms with van der Waals surface area (Å²) in [4.78, 5) is 13.2. The van der Waals surface area contributed by atoms with Crippen molar-refractivity contribution < 1.29 is 9.53 Å². The van der Waals surface area contributed by atoms with Gasteiger partial charge < -0.3 is 9.64 Å². The number of ketones is 1. The minimum absolute atomic E-state index is 0.122. The fraction of sp³-hybridized carbons (Fsp3) is 0.909. The highest BCUT2D eigenvalue weighted by Gasteiger charge is 2.21. The van der Waals surface area contributed by atoms with Crippen LogP contribution < -0.4 is 0 Å². The highest BCUT2D eigenvalue weighted by molar-refractivity contribution is 5.76. The van der Waals surface area contributed by atoms with Gasteiger partial charge in [0.25, 0.3) is 0 Å². The van der Waals surface area contributed by atoms with Gasteiger partial charge in [-0.05, 0) is 33.6 Å². The van der Waals surface area contributed by atoms with E-state index in [1.54, 1.807) is 6.92 Å². The lowest BCUT2D eigenvalue weighted by molar-refractivity contribution is -0.124. The minimum atomic E-state index is 0.122. The highest BCUT2D eigenvalue weighted by atomic mass is 16.5. The first-order chi connectivity index (χ1) is 6.59. The molecule has 3 nitrogen and oxygen atoms in total. The summed E-state index contributed by atoms with van der Waals surface area (Å²) in [6.07, 6.45) is 2.42. The van der Waals surface area contributed by atoms with Gasteiger partial charge in [-0.15, -0.1) is 0 Å². The van der Waals surface area contributed by atoms with Gasteiger partial charge >= 0.3 is 0 Å². The zero-order chi connectivity index (χ0) is 10.6. The second kappa shape index (κ2) is 5.47. The maximum absolute atomic E-state index is 10.7. The number of nitrogens with zero attached hydrogens (tertiary/aromatic N) is 1. The van der Waals surface area contributed by atoms with Crippen LogP contribution in [0.2, 0.25) is 0 Å². The Morgan fingerprint density at radius 1 is 1.43 bits per heavy atom. The number of Topliss-reactive ketones (excluding diaryl/α,β-unsaturated/α-hetero) is 1. The van der Waals surface area contributed by atoms with Gasteiger partial charge in [0.2, 0.25) is 0 Å². The van der Waals surface area contributed by atoms with Crippen LogP contribution >= 0.6 is 0 Å². The van der Waals surface area contributed by atoms with Crippen molar-refractivity contribution in [3.63, 3.8) is 0 Å². The Kier molecular flexibility index (Phi) is 4.55. The number of ether oxygens (including phenoxy) is 1. The molecule has 0 atom stereocenters. The van der Waals surface area contributed by atoms with Crippen molar-refractivity contribution in [1.82, 2.24) is 4.90 Å². The largest absolute Gasteiger partial charge is 0.370 e. The van der Waals surface area contributed by atoms with Crippen LogP contribution in [0.4, 0.5) is 0 Å². The second-order valence-corrected chi connectivity index (χ2v) is 4.34. The van der Waals surface area contributed by atoms with E-state index in [1.807, 2.05) is 0 Å². The number of carbonyl (C=O) groups is 1. The van der Waals surface area contributed by atoms with Crippen molar-refractivity contribution in [2.24, 2.45) is 0 Å². The summed E-state index contributed by atoms with van der Waals surface area (Å²) in [7, 11) is 0. The van der Waals surface area contributed by atoms with E-state index in [0.29, 0.717) is 12.1 Å². The average Bonchev–Trinajstić information content (AvgIpc) is 2.15. The molecule has 1 saturated heterocycles. The second-order valence-electron chi connectivity index (χ2n) is 4.34. The van der Waals surface area contributed by atoms with Crippen molar-refractivity contribution in [2.75, 3.05) is 19.7 Å². The fourth-order valence-corrected chi connectivity index (χ4v) is 1.79. The SMILES string of the molecule is CC(=O)COC1CCN(C(C)C)CC1. The number of piperidine rings is 1. The van der Waals surface area contributed by atoms with E-state index in [2.05, 4.69) is 18.7 Å². The van der Waals surface area contributed by atoms with Gasteiger partial charge in [-0.3, -0.25) is 4.79 Å². The molecule has 14 heavy (non-hydrogen) atoms. The summed E-state index contributed by atoms with van der Waals surface area (Å²) in [6.45, 7) is 8.49. The van der Waals surface area contributed by atoms with Crippen LogP contribution in [-0.4, -0.2) is 42.5 Å². The predicted octanol–water partition coefficient (Wildman–Crippen LogP) is 1.46. The van der Waals surface area contributed by atoms with Crippen molar-refractivity contribution in [1.29, 1.82) is 0 Å². The van der Waals surface area contributed by atoms with Gasteiger partial charge in [0.05, 0.1) is 6.10 Å². The number of hydrogen-bond acceptors (Lipinski definition) is 3. The molecule has 0 spiro atoms. The topological polar surface area (TPSA) is 29.5 Å². The molecule has 1 aliphatic heterocycles. The van der Waals surface area contributed by atoms with E-state index < -0.39 is 0 Å². The van der Waals surface area contributed by atoms with E-state index in [1.165, 1.54) is 0 Å². The summed E-state index contributed by atoms with van der Waals surface area (Å²) in [5, 5.41) is 0. The van der Waals surface area contributed by atoms with Crippen LogP contribution in [-0.2, 0) is 9.53 Å². The molecule has 0 aromatic heterocycles. The van der Waals surface area contributed by atoms with Crippen LogP contribution in [0.5, 0.6) is 0 Å². The lowest BCUT2D eigenvalue weighted by Gasteiger charge is -2.34. The van der Waals surface area contributed by atoms with E-state index in [0.717, 1.165) is 25.9 Å². The van der Waals surface area contributed by atoms with Crippen LogP contribution in [0.3, 0.4) is 0 Å². The molecule has 0 unspecified atom stereocenters. The Labute approximate surface area is 86.4 Å². The molecule has 0 bridgehead atoms. The van der Waals surface area contributed by atoms with Gasteiger partial charge in [-0.1, -0.05) is 0 Å². The first-order valence-corrected chi connectivity index (χ1v) is 5.44. The van der Waals surface area contributed by atoms with Crippen LogP contribution in [0.1, 0.15) is 33.6 Å².